The van der Waals surface area contributed by atoms with Crippen molar-refractivity contribution in [2.75, 3.05) is 0 Å². The number of allylic oxidation sites excluding steroid dienone is 1. The highest BCUT2D eigenvalue weighted by atomic mass is 16.1. The molecule has 0 aliphatic heterocycles. The maximum atomic E-state index is 11.8. The SMILES string of the molecule is C=C[C@@]1(C)CC(=O)[C@H]2C[C@@H]1C2(C)C. The van der Waals surface area contributed by atoms with E-state index in [2.05, 4.69) is 27.4 Å². The van der Waals surface area contributed by atoms with Crippen LogP contribution < -0.4 is 0 Å². The molecule has 0 unspecified atom stereocenters. The molecule has 3 atom stereocenters. The van der Waals surface area contributed by atoms with Crippen molar-refractivity contribution in [1.29, 1.82) is 0 Å². The van der Waals surface area contributed by atoms with E-state index in [1.54, 1.807) is 0 Å². The average molecular weight is 178 g/mol. The van der Waals surface area contributed by atoms with Crippen LogP contribution >= 0.6 is 0 Å². The van der Waals surface area contributed by atoms with Crippen molar-refractivity contribution in [1.82, 2.24) is 0 Å². The summed E-state index contributed by atoms with van der Waals surface area (Å²) in [5, 5.41) is 0. The summed E-state index contributed by atoms with van der Waals surface area (Å²) in [7, 11) is 0. The number of Topliss-reactive ketones (excluding diaryl/α,β-unsaturated/α-hetero) is 1. The van der Waals surface area contributed by atoms with Crippen molar-refractivity contribution in [3.8, 4) is 0 Å². The van der Waals surface area contributed by atoms with Crippen molar-refractivity contribution in [2.45, 2.75) is 33.6 Å². The van der Waals surface area contributed by atoms with E-state index in [9.17, 15) is 4.79 Å². The van der Waals surface area contributed by atoms with E-state index in [0.29, 0.717) is 17.6 Å². The Morgan fingerprint density at radius 2 is 2.08 bits per heavy atom. The van der Waals surface area contributed by atoms with Gasteiger partial charge in [0.15, 0.2) is 0 Å². The van der Waals surface area contributed by atoms with Crippen LogP contribution in [-0.4, -0.2) is 5.78 Å². The van der Waals surface area contributed by atoms with Crippen molar-refractivity contribution in [3.05, 3.63) is 12.7 Å². The van der Waals surface area contributed by atoms with Crippen LogP contribution in [0.4, 0.5) is 0 Å². The van der Waals surface area contributed by atoms with Crippen LogP contribution in [0.3, 0.4) is 0 Å². The van der Waals surface area contributed by atoms with Gasteiger partial charge < -0.3 is 0 Å². The topological polar surface area (TPSA) is 17.1 Å². The lowest BCUT2D eigenvalue weighted by atomic mass is 9.41. The van der Waals surface area contributed by atoms with E-state index in [1.807, 2.05) is 6.08 Å². The van der Waals surface area contributed by atoms with E-state index in [0.717, 1.165) is 12.8 Å². The van der Waals surface area contributed by atoms with E-state index in [1.165, 1.54) is 0 Å². The summed E-state index contributed by atoms with van der Waals surface area (Å²) in [6.45, 7) is 10.5. The molecule has 0 heterocycles. The molecule has 0 saturated heterocycles. The maximum absolute atomic E-state index is 11.8. The second-order valence-corrected chi connectivity index (χ2v) is 5.52. The van der Waals surface area contributed by atoms with Crippen LogP contribution in [0.2, 0.25) is 0 Å². The molecule has 3 saturated carbocycles. The summed E-state index contributed by atoms with van der Waals surface area (Å²) in [5.41, 5.74) is 0.285. The zero-order valence-corrected chi connectivity index (χ0v) is 8.76. The molecule has 0 spiro atoms. The summed E-state index contributed by atoms with van der Waals surface area (Å²) in [6.07, 6.45) is 3.80. The summed E-state index contributed by atoms with van der Waals surface area (Å²) in [5.74, 6) is 1.46. The molecule has 0 radical (unpaired) electrons. The molecule has 1 heteroatoms. The van der Waals surface area contributed by atoms with Crippen LogP contribution in [-0.2, 0) is 4.79 Å². The number of hydrogen-bond acceptors (Lipinski definition) is 1. The van der Waals surface area contributed by atoms with Crippen LogP contribution in [0.15, 0.2) is 12.7 Å². The first-order valence-electron chi connectivity index (χ1n) is 5.08. The number of carbonyl (C=O) groups is 1. The molecular formula is C12H18O. The first kappa shape index (κ1) is 8.98. The van der Waals surface area contributed by atoms with Gasteiger partial charge in [0, 0.05) is 12.3 Å². The molecule has 3 aliphatic rings. The highest BCUT2D eigenvalue weighted by Gasteiger charge is 2.61. The minimum atomic E-state index is 0.0648. The number of carbonyl (C=O) groups excluding carboxylic acids is 1. The standard InChI is InChI=1S/C12H18O/c1-5-12(4)7-9(13)8-6-10(12)11(8,2)3/h5,8,10H,1,6-7H2,2-4H3/t8-,10-,12+/m1/s1. The minimum absolute atomic E-state index is 0.0648. The summed E-state index contributed by atoms with van der Waals surface area (Å²) in [6, 6.07) is 0. The van der Waals surface area contributed by atoms with Crippen LogP contribution in [0, 0.1) is 22.7 Å². The van der Waals surface area contributed by atoms with Crippen LogP contribution in [0.25, 0.3) is 0 Å². The van der Waals surface area contributed by atoms with Gasteiger partial charge in [0.05, 0.1) is 0 Å². The van der Waals surface area contributed by atoms with Crippen LogP contribution in [0.1, 0.15) is 33.6 Å². The molecular weight excluding hydrogens is 160 g/mol. The first-order valence-corrected chi connectivity index (χ1v) is 5.08. The third-order valence-corrected chi connectivity index (χ3v) is 4.47. The molecule has 2 bridgehead atoms. The van der Waals surface area contributed by atoms with Crippen LogP contribution in [0.5, 0.6) is 0 Å². The Morgan fingerprint density at radius 3 is 2.46 bits per heavy atom. The Hall–Kier alpha value is -0.590. The van der Waals surface area contributed by atoms with Gasteiger partial charge in [0.2, 0.25) is 0 Å². The van der Waals surface area contributed by atoms with Gasteiger partial charge in [-0.2, -0.15) is 0 Å². The zero-order valence-electron chi connectivity index (χ0n) is 8.76. The molecule has 72 valence electrons. The predicted octanol–water partition coefficient (Wildman–Crippen LogP) is 2.81. The number of rotatable bonds is 1. The Labute approximate surface area is 80.2 Å². The van der Waals surface area contributed by atoms with Gasteiger partial charge in [-0.25, -0.2) is 0 Å². The Morgan fingerprint density at radius 1 is 1.46 bits per heavy atom. The number of fused-ring (bicyclic) bond motifs is 2. The molecule has 3 fully saturated rings. The first-order chi connectivity index (χ1) is 5.92. The average Bonchev–Trinajstić information content (AvgIpc) is 2.02. The van der Waals surface area contributed by atoms with Gasteiger partial charge in [-0.1, -0.05) is 26.8 Å². The van der Waals surface area contributed by atoms with Gasteiger partial charge in [-0.3, -0.25) is 4.79 Å². The fourth-order valence-corrected chi connectivity index (χ4v) is 3.43. The summed E-state index contributed by atoms with van der Waals surface area (Å²) < 4.78 is 0. The van der Waals surface area contributed by atoms with E-state index in [-0.39, 0.29) is 10.8 Å². The molecule has 3 rings (SSSR count). The number of ketones is 1. The van der Waals surface area contributed by atoms with E-state index in [4.69, 9.17) is 0 Å². The van der Waals surface area contributed by atoms with Gasteiger partial charge in [-0.05, 0) is 23.2 Å². The largest absolute Gasteiger partial charge is 0.299 e. The monoisotopic (exact) mass is 178 g/mol. The van der Waals surface area contributed by atoms with Gasteiger partial charge >= 0.3 is 0 Å². The maximum Gasteiger partial charge on any atom is 0.137 e. The summed E-state index contributed by atoms with van der Waals surface area (Å²) in [4.78, 5) is 11.8. The highest BCUT2D eigenvalue weighted by Crippen LogP contribution is 2.64. The van der Waals surface area contributed by atoms with Gasteiger partial charge in [0.1, 0.15) is 5.78 Å². The van der Waals surface area contributed by atoms with E-state index < -0.39 is 0 Å². The van der Waals surface area contributed by atoms with Crippen molar-refractivity contribution in [2.24, 2.45) is 22.7 Å². The molecule has 1 nitrogen and oxygen atoms in total. The molecule has 3 aliphatic carbocycles. The van der Waals surface area contributed by atoms with Gasteiger partial charge in [-0.15, -0.1) is 6.58 Å². The normalized spacial score (nSPS) is 46.8. The van der Waals surface area contributed by atoms with Crippen molar-refractivity contribution in [3.63, 3.8) is 0 Å². The van der Waals surface area contributed by atoms with Gasteiger partial charge in [0.25, 0.3) is 0 Å². The highest BCUT2D eigenvalue weighted by molar-refractivity contribution is 5.85. The smallest absolute Gasteiger partial charge is 0.137 e. The molecule has 0 aromatic rings. The molecule has 13 heavy (non-hydrogen) atoms. The quantitative estimate of drug-likeness (QED) is 0.564. The fourth-order valence-electron chi connectivity index (χ4n) is 3.43. The Balaban J connectivity index is 2.37. The van der Waals surface area contributed by atoms with E-state index >= 15 is 0 Å². The lowest BCUT2D eigenvalue weighted by molar-refractivity contribution is -0.165. The second kappa shape index (κ2) is 2.26. The predicted molar refractivity (Wildman–Crippen MR) is 53.3 cm³/mol. The number of hydrogen-bond donors (Lipinski definition) is 0. The third kappa shape index (κ3) is 0.905. The summed E-state index contributed by atoms with van der Waals surface area (Å²) >= 11 is 0. The molecule has 0 amide bonds. The fraction of sp³-hybridized carbons (Fsp3) is 0.750. The Kier molecular flexibility index (Phi) is 1.56. The molecule has 0 aromatic carbocycles. The second-order valence-electron chi connectivity index (χ2n) is 5.52. The Bertz CT molecular complexity index is 277. The molecule has 0 N–H and O–H groups in total. The lowest BCUT2D eigenvalue weighted by Crippen LogP contribution is -2.60. The van der Waals surface area contributed by atoms with Crippen molar-refractivity contribution < 1.29 is 4.79 Å². The van der Waals surface area contributed by atoms with Crippen molar-refractivity contribution >= 4 is 5.78 Å². The minimum Gasteiger partial charge on any atom is -0.299 e. The molecule has 0 aromatic heterocycles. The zero-order chi connectivity index (χ0) is 9.85. The third-order valence-electron chi connectivity index (χ3n) is 4.47. The lowest BCUT2D eigenvalue weighted by Gasteiger charge is -2.62.